The molecule has 0 spiro atoms. The molecule has 3 nitrogen and oxygen atoms in total. The molecule has 0 fully saturated rings. The van der Waals surface area contributed by atoms with Crippen LogP contribution in [0.2, 0.25) is 0 Å². The van der Waals surface area contributed by atoms with E-state index in [1.54, 1.807) is 0 Å². The Kier molecular flexibility index (Phi) is 2.73. The molecule has 0 radical (unpaired) electrons. The zero-order valence-electron chi connectivity index (χ0n) is 8.54. The summed E-state index contributed by atoms with van der Waals surface area (Å²) in [5.74, 6) is 0. The topological polar surface area (TPSA) is 18.8 Å². The lowest BCUT2D eigenvalue weighted by molar-refractivity contribution is 0.319. The Morgan fingerprint density at radius 2 is 2.17 bits per heavy atom. The van der Waals surface area contributed by atoms with Crippen molar-refractivity contribution in [3.05, 3.63) is 0 Å². The molecule has 12 heavy (non-hydrogen) atoms. The maximum Gasteiger partial charge on any atom is 0.0858 e. The van der Waals surface area contributed by atoms with E-state index in [1.165, 1.54) is 0 Å². The van der Waals surface area contributed by atoms with Gasteiger partial charge in [0.05, 0.1) is 11.9 Å². The van der Waals surface area contributed by atoms with Gasteiger partial charge in [-0.2, -0.15) is 0 Å². The van der Waals surface area contributed by atoms with Crippen molar-refractivity contribution in [1.29, 1.82) is 0 Å². The van der Waals surface area contributed by atoms with Crippen LogP contribution < -0.4 is 0 Å². The molecule has 0 aromatic rings. The molecule has 0 aromatic heterocycles. The van der Waals surface area contributed by atoms with Gasteiger partial charge in [-0.15, -0.1) is 0 Å². The van der Waals surface area contributed by atoms with E-state index in [1.807, 2.05) is 6.34 Å². The monoisotopic (exact) mass is 169 g/mol. The van der Waals surface area contributed by atoms with Crippen LogP contribution in [0.25, 0.3) is 0 Å². The van der Waals surface area contributed by atoms with Gasteiger partial charge in [-0.3, -0.25) is 4.99 Å². The van der Waals surface area contributed by atoms with Crippen molar-refractivity contribution >= 4 is 6.34 Å². The normalized spacial score (nSPS) is 20.9. The molecular formula is C9H19N3. The third-order valence-electron chi connectivity index (χ3n) is 1.99. The Balaban J connectivity index is 2.26. The number of nitrogens with zero attached hydrogens (tertiary/aromatic N) is 3. The summed E-state index contributed by atoms with van der Waals surface area (Å²) < 4.78 is 0. The average Bonchev–Trinajstić information content (AvgIpc) is 2.26. The molecule has 0 aliphatic carbocycles. The fraction of sp³-hybridized carbons (Fsp3) is 0.889. The van der Waals surface area contributed by atoms with E-state index in [-0.39, 0.29) is 5.54 Å². The average molecular weight is 169 g/mol. The first-order chi connectivity index (χ1) is 5.49. The Morgan fingerprint density at radius 3 is 2.58 bits per heavy atom. The van der Waals surface area contributed by atoms with Gasteiger partial charge in [0.2, 0.25) is 0 Å². The fourth-order valence-corrected chi connectivity index (χ4v) is 1.28. The highest BCUT2D eigenvalue weighted by Crippen LogP contribution is 2.15. The largest absolute Gasteiger partial charge is 0.359 e. The summed E-state index contributed by atoms with van der Waals surface area (Å²) >= 11 is 0. The lowest BCUT2D eigenvalue weighted by Gasteiger charge is -2.21. The predicted molar refractivity (Wildman–Crippen MR) is 52.7 cm³/mol. The maximum absolute atomic E-state index is 4.41. The van der Waals surface area contributed by atoms with Gasteiger partial charge in [-0.25, -0.2) is 0 Å². The lowest BCUT2D eigenvalue weighted by atomic mass is 10.1. The molecule has 1 aliphatic rings. The van der Waals surface area contributed by atoms with Crippen LogP contribution in [0.1, 0.15) is 13.8 Å². The summed E-state index contributed by atoms with van der Waals surface area (Å²) in [7, 11) is 4.19. The van der Waals surface area contributed by atoms with Crippen molar-refractivity contribution in [2.45, 2.75) is 19.4 Å². The lowest BCUT2D eigenvalue weighted by Crippen LogP contribution is -2.33. The Morgan fingerprint density at radius 1 is 1.50 bits per heavy atom. The molecule has 0 amide bonds. The minimum absolute atomic E-state index is 0.131. The molecule has 1 rings (SSSR count). The van der Waals surface area contributed by atoms with Crippen LogP contribution in [0, 0.1) is 0 Å². The van der Waals surface area contributed by atoms with E-state index < -0.39 is 0 Å². The smallest absolute Gasteiger partial charge is 0.0858 e. The van der Waals surface area contributed by atoms with Gasteiger partial charge in [0.25, 0.3) is 0 Å². The number of aliphatic imine (C=N–C) groups is 1. The quantitative estimate of drug-likeness (QED) is 0.618. The summed E-state index contributed by atoms with van der Waals surface area (Å²) in [6.07, 6.45) is 1.98. The molecule has 0 bridgehead atoms. The molecule has 0 N–H and O–H groups in total. The molecule has 0 atom stereocenters. The third-order valence-corrected chi connectivity index (χ3v) is 1.99. The molecule has 70 valence electrons. The van der Waals surface area contributed by atoms with E-state index in [0.717, 1.165) is 19.6 Å². The van der Waals surface area contributed by atoms with Crippen LogP contribution in [-0.4, -0.2) is 55.4 Å². The molecule has 0 unspecified atom stereocenters. The minimum Gasteiger partial charge on any atom is -0.359 e. The summed E-state index contributed by atoms with van der Waals surface area (Å²) in [5.41, 5.74) is 0.131. The van der Waals surface area contributed by atoms with Gasteiger partial charge in [0.15, 0.2) is 0 Å². The van der Waals surface area contributed by atoms with Crippen LogP contribution in [0.15, 0.2) is 4.99 Å². The van der Waals surface area contributed by atoms with Crippen molar-refractivity contribution in [2.75, 3.05) is 33.7 Å². The van der Waals surface area contributed by atoms with Gasteiger partial charge in [0.1, 0.15) is 0 Å². The second-order valence-electron chi connectivity index (χ2n) is 4.33. The van der Waals surface area contributed by atoms with Crippen LogP contribution in [-0.2, 0) is 0 Å². The molecule has 1 heterocycles. The maximum atomic E-state index is 4.41. The van der Waals surface area contributed by atoms with Crippen molar-refractivity contribution in [1.82, 2.24) is 9.80 Å². The Labute approximate surface area is 75.1 Å². The highest BCUT2D eigenvalue weighted by Gasteiger charge is 2.23. The molecule has 3 heteroatoms. The van der Waals surface area contributed by atoms with Crippen LogP contribution >= 0.6 is 0 Å². The summed E-state index contributed by atoms with van der Waals surface area (Å²) in [4.78, 5) is 8.88. The number of hydrogen-bond donors (Lipinski definition) is 0. The summed E-state index contributed by atoms with van der Waals surface area (Å²) in [6.45, 7) is 7.57. The number of hydrogen-bond acceptors (Lipinski definition) is 3. The van der Waals surface area contributed by atoms with E-state index in [9.17, 15) is 0 Å². The SMILES string of the molecule is CN(C)CCN1C=NC(C)(C)C1. The molecule has 0 aromatic carbocycles. The third kappa shape index (κ3) is 2.81. The van der Waals surface area contributed by atoms with Gasteiger partial charge >= 0.3 is 0 Å². The zero-order valence-corrected chi connectivity index (χ0v) is 8.54. The molecule has 0 saturated carbocycles. The van der Waals surface area contributed by atoms with Crippen molar-refractivity contribution in [3.8, 4) is 0 Å². The van der Waals surface area contributed by atoms with Crippen molar-refractivity contribution in [3.63, 3.8) is 0 Å². The van der Waals surface area contributed by atoms with E-state index in [2.05, 4.69) is 42.7 Å². The molecule has 0 saturated heterocycles. The highest BCUT2D eigenvalue weighted by atomic mass is 15.2. The van der Waals surface area contributed by atoms with Gasteiger partial charge in [0, 0.05) is 19.6 Å². The minimum atomic E-state index is 0.131. The Bertz CT molecular complexity index is 173. The van der Waals surface area contributed by atoms with Crippen LogP contribution in [0.3, 0.4) is 0 Å². The van der Waals surface area contributed by atoms with E-state index >= 15 is 0 Å². The van der Waals surface area contributed by atoms with Crippen LogP contribution in [0.5, 0.6) is 0 Å². The summed E-state index contributed by atoms with van der Waals surface area (Å²) in [5, 5.41) is 0. The second-order valence-corrected chi connectivity index (χ2v) is 4.33. The summed E-state index contributed by atoms with van der Waals surface area (Å²) in [6, 6.07) is 0. The predicted octanol–water partition coefficient (Wildman–Crippen LogP) is 0.670. The van der Waals surface area contributed by atoms with Gasteiger partial charge in [-0.05, 0) is 27.9 Å². The highest BCUT2D eigenvalue weighted by molar-refractivity contribution is 5.58. The van der Waals surface area contributed by atoms with Crippen molar-refractivity contribution in [2.24, 2.45) is 4.99 Å². The van der Waals surface area contributed by atoms with Gasteiger partial charge in [-0.1, -0.05) is 0 Å². The fourth-order valence-electron chi connectivity index (χ4n) is 1.28. The van der Waals surface area contributed by atoms with E-state index in [4.69, 9.17) is 0 Å². The second kappa shape index (κ2) is 3.44. The van der Waals surface area contributed by atoms with Gasteiger partial charge < -0.3 is 9.80 Å². The molecule has 1 aliphatic heterocycles. The Hall–Kier alpha value is -0.570. The standard InChI is InChI=1S/C9H19N3/c1-9(2)7-12(8-10-9)6-5-11(3)4/h8H,5-7H2,1-4H3. The zero-order chi connectivity index (χ0) is 9.19. The molecular weight excluding hydrogens is 150 g/mol. The first-order valence-electron chi connectivity index (χ1n) is 4.44. The van der Waals surface area contributed by atoms with Crippen molar-refractivity contribution < 1.29 is 0 Å². The van der Waals surface area contributed by atoms with E-state index in [0.29, 0.717) is 0 Å². The first kappa shape index (κ1) is 9.52. The van der Waals surface area contributed by atoms with Crippen LogP contribution in [0.4, 0.5) is 0 Å². The number of rotatable bonds is 3. The number of likely N-dealkylation sites (N-methyl/N-ethyl adjacent to an activating group) is 1. The first-order valence-corrected chi connectivity index (χ1v) is 4.44.